The van der Waals surface area contributed by atoms with E-state index in [-0.39, 0.29) is 48.3 Å². The summed E-state index contributed by atoms with van der Waals surface area (Å²) in [7, 11) is -3.34. The maximum atomic E-state index is 11.6. The summed E-state index contributed by atoms with van der Waals surface area (Å²) in [4.78, 5) is 10.2. The number of unbranched alkanes of at least 4 members (excludes halogenated alkanes) is 14. The first kappa shape index (κ1) is 29.6. The van der Waals surface area contributed by atoms with Crippen molar-refractivity contribution in [1.29, 1.82) is 0 Å². The average molecular weight is 414 g/mol. The molecule has 0 bridgehead atoms. The number of hydrogen-bond acceptors (Lipinski definition) is 4. The smallest absolute Gasteiger partial charge is 0.550 e. The van der Waals surface area contributed by atoms with Gasteiger partial charge in [-0.3, -0.25) is 0 Å². The van der Waals surface area contributed by atoms with Gasteiger partial charge in [0, 0.05) is 18.9 Å². The molecular weight excluding hydrogens is 373 g/mol. The maximum Gasteiger partial charge on any atom is 1.00 e. The third kappa shape index (κ3) is 24.3. The first-order valence-electron chi connectivity index (χ1n) is 10.6. The van der Waals surface area contributed by atoms with Crippen LogP contribution in [0.5, 0.6) is 0 Å². The SMILES string of the molecule is CCCCCCCCCCCCCCCCCS(=O)(=O)NCCC(=O)[O-].[Na+]. The molecule has 156 valence electrons. The van der Waals surface area contributed by atoms with E-state index in [1.54, 1.807) is 0 Å². The van der Waals surface area contributed by atoms with Gasteiger partial charge in [-0.25, -0.2) is 13.1 Å². The number of carbonyl (C=O) groups excluding carboxylic acids is 1. The molecule has 1 N–H and O–H groups in total. The van der Waals surface area contributed by atoms with Gasteiger partial charge >= 0.3 is 29.6 Å². The van der Waals surface area contributed by atoms with E-state index < -0.39 is 16.0 Å². The van der Waals surface area contributed by atoms with E-state index in [0.717, 1.165) is 12.8 Å². The van der Waals surface area contributed by atoms with Gasteiger partial charge in [0.25, 0.3) is 0 Å². The van der Waals surface area contributed by atoms with E-state index in [2.05, 4.69) is 11.6 Å². The Labute approximate surface area is 189 Å². The van der Waals surface area contributed by atoms with Crippen LogP contribution in [0.2, 0.25) is 0 Å². The molecule has 0 spiro atoms. The van der Waals surface area contributed by atoms with Gasteiger partial charge in [-0.1, -0.05) is 96.8 Å². The van der Waals surface area contributed by atoms with Crippen LogP contribution in [0.3, 0.4) is 0 Å². The van der Waals surface area contributed by atoms with Crippen LogP contribution in [0.1, 0.15) is 110 Å². The second-order valence-corrected chi connectivity index (χ2v) is 9.21. The summed E-state index contributed by atoms with van der Waals surface area (Å²) < 4.78 is 25.5. The number of aliphatic carboxylic acids is 1. The predicted molar refractivity (Wildman–Crippen MR) is 106 cm³/mol. The number of hydrogen-bond donors (Lipinski definition) is 1. The Bertz CT molecular complexity index is 430. The summed E-state index contributed by atoms with van der Waals surface area (Å²) in [6.45, 7) is 2.17. The van der Waals surface area contributed by atoms with Gasteiger partial charge in [0.15, 0.2) is 0 Å². The second kappa shape index (κ2) is 21.1. The minimum atomic E-state index is -3.34. The molecule has 0 aromatic carbocycles. The standard InChI is InChI=1S/C20H41NO4S.Na/c1-2-3-4-5-6-7-8-9-10-11-12-13-14-15-16-19-26(24,25)21-18-17-20(22)23;/h21H,2-19H2,1H3,(H,22,23);/q;+1/p-1. The Kier molecular flexibility index (Phi) is 23.1. The van der Waals surface area contributed by atoms with Crippen molar-refractivity contribution in [3.05, 3.63) is 0 Å². The van der Waals surface area contributed by atoms with E-state index in [1.807, 2.05) is 0 Å². The molecule has 0 fully saturated rings. The zero-order chi connectivity index (χ0) is 19.5. The average Bonchev–Trinajstić information content (AvgIpc) is 2.57. The van der Waals surface area contributed by atoms with Crippen LogP contribution in [-0.4, -0.2) is 26.7 Å². The van der Waals surface area contributed by atoms with Crippen molar-refractivity contribution in [1.82, 2.24) is 4.72 Å². The Balaban J connectivity index is 0. The molecule has 0 saturated heterocycles. The molecule has 7 heteroatoms. The summed E-state index contributed by atoms with van der Waals surface area (Å²) in [5, 5.41) is 10.2. The summed E-state index contributed by atoms with van der Waals surface area (Å²) >= 11 is 0. The van der Waals surface area contributed by atoms with Crippen LogP contribution in [0.25, 0.3) is 0 Å². The van der Waals surface area contributed by atoms with Crippen molar-refractivity contribution in [2.45, 2.75) is 110 Å². The van der Waals surface area contributed by atoms with Crippen molar-refractivity contribution in [3.8, 4) is 0 Å². The molecule has 0 heterocycles. The molecule has 0 amide bonds. The van der Waals surface area contributed by atoms with E-state index in [1.165, 1.54) is 77.0 Å². The molecule has 0 aromatic heterocycles. The number of sulfonamides is 1. The Morgan fingerprint density at radius 1 is 0.741 bits per heavy atom. The minimum absolute atomic E-state index is 0. The van der Waals surface area contributed by atoms with Gasteiger partial charge in [-0.2, -0.15) is 0 Å². The largest absolute Gasteiger partial charge is 1.00 e. The first-order valence-corrected chi connectivity index (χ1v) is 12.3. The summed E-state index contributed by atoms with van der Waals surface area (Å²) in [6.07, 6.45) is 18.4. The third-order valence-corrected chi connectivity index (χ3v) is 6.14. The fourth-order valence-corrected chi connectivity index (χ4v) is 4.19. The minimum Gasteiger partial charge on any atom is -0.550 e. The van der Waals surface area contributed by atoms with E-state index >= 15 is 0 Å². The van der Waals surface area contributed by atoms with Crippen LogP contribution in [-0.2, 0) is 14.8 Å². The number of rotatable bonds is 20. The molecule has 5 nitrogen and oxygen atoms in total. The van der Waals surface area contributed by atoms with Crippen molar-refractivity contribution in [2.75, 3.05) is 12.3 Å². The topological polar surface area (TPSA) is 86.3 Å². The molecule has 0 unspecified atom stereocenters. The molecule has 0 aliphatic rings. The van der Waals surface area contributed by atoms with Crippen LogP contribution in [0, 0.1) is 0 Å². The molecular formula is C20H40NNaO4S. The number of nitrogens with one attached hydrogen (secondary N) is 1. The summed E-state index contributed by atoms with van der Waals surface area (Å²) in [5.41, 5.74) is 0. The zero-order valence-corrected chi connectivity index (χ0v) is 20.6. The number of carboxylic acid groups (broad SMARTS) is 1. The monoisotopic (exact) mass is 413 g/mol. The van der Waals surface area contributed by atoms with Crippen molar-refractivity contribution in [3.63, 3.8) is 0 Å². The Morgan fingerprint density at radius 2 is 1.11 bits per heavy atom. The maximum absolute atomic E-state index is 11.6. The van der Waals surface area contributed by atoms with Gasteiger partial charge in [-0.05, 0) is 6.42 Å². The molecule has 0 atom stereocenters. The van der Waals surface area contributed by atoms with Gasteiger partial charge in [-0.15, -0.1) is 0 Å². The normalized spacial score (nSPS) is 11.3. The third-order valence-electron chi connectivity index (χ3n) is 4.67. The number of carboxylic acids is 1. The van der Waals surface area contributed by atoms with Gasteiger partial charge in [0.1, 0.15) is 0 Å². The molecule has 0 aromatic rings. The van der Waals surface area contributed by atoms with Crippen molar-refractivity contribution >= 4 is 16.0 Å². The Hall–Kier alpha value is 0.380. The quantitative estimate of drug-likeness (QED) is 0.238. The van der Waals surface area contributed by atoms with E-state index in [0.29, 0.717) is 6.42 Å². The van der Waals surface area contributed by atoms with Crippen LogP contribution in [0.15, 0.2) is 0 Å². The fraction of sp³-hybridized carbons (Fsp3) is 0.950. The molecule has 0 radical (unpaired) electrons. The number of carbonyl (C=O) groups is 1. The summed E-state index contributed by atoms with van der Waals surface area (Å²) in [6, 6.07) is 0. The van der Waals surface area contributed by atoms with Crippen LogP contribution >= 0.6 is 0 Å². The predicted octanol–water partition coefficient (Wildman–Crippen LogP) is 0.921. The molecule has 27 heavy (non-hydrogen) atoms. The molecule has 0 aliphatic heterocycles. The van der Waals surface area contributed by atoms with Crippen LogP contribution in [0.4, 0.5) is 0 Å². The fourth-order valence-electron chi connectivity index (χ4n) is 3.04. The molecule has 0 saturated carbocycles. The zero-order valence-electron chi connectivity index (χ0n) is 17.8. The first-order chi connectivity index (χ1) is 12.5. The Morgan fingerprint density at radius 3 is 1.48 bits per heavy atom. The molecule has 0 rings (SSSR count). The van der Waals surface area contributed by atoms with Gasteiger partial charge in [0.2, 0.25) is 10.0 Å². The van der Waals surface area contributed by atoms with E-state index in [4.69, 9.17) is 0 Å². The van der Waals surface area contributed by atoms with Gasteiger partial charge < -0.3 is 9.90 Å². The summed E-state index contributed by atoms with van der Waals surface area (Å²) in [5.74, 6) is -1.15. The van der Waals surface area contributed by atoms with Gasteiger partial charge in [0.05, 0.1) is 5.75 Å². The van der Waals surface area contributed by atoms with Crippen LogP contribution < -0.4 is 39.4 Å². The van der Waals surface area contributed by atoms with E-state index in [9.17, 15) is 18.3 Å². The van der Waals surface area contributed by atoms with Crippen molar-refractivity contribution < 1.29 is 47.9 Å². The second-order valence-electron chi connectivity index (χ2n) is 7.28. The van der Waals surface area contributed by atoms with Crippen molar-refractivity contribution in [2.24, 2.45) is 0 Å². The molecule has 0 aliphatic carbocycles.